The van der Waals surface area contributed by atoms with Crippen LogP contribution in [-0.2, 0) is 0 Å². The molecule has 0 unspecified atom stereocenters. The van der Waals surface area contributed by atoms with Gasteiger partial charge in [-0.15, -0.1) is 67.4 Å². The Morgan fingerprint density at radius 3 is 0.458 bits per heavy atom. The van der Waals surface area contributed by atoms with Gasteiger partial charge in [0, 0.05) is 11.1 Å². The third-order valence-corrected chi connectivity index (χ3v) is 29.9. The van der Waals surface area contributed by atoms with Crippen LogP contribution in [0, 0.1) is 273 Å². The quantitative estimate of drug-likeness (QED) is 0.0946. The molecule has 0 bridgehead atoms. The molecule has 0 atom stereocenters. The molecule has 3 aliphatic rings. The standard InChI is InChI=1S/C144H112/c1-81-57-89(9)133(90(10)58-81)109-41-49-117-125(73-109)126-74-110(134-91(11)59-82(2)60-92(134)12)42-50-118(126)141(117)105-33-25-27-35-106(142-119-51-43-111(135-93(13)61-83(3)62-94(135)14)75-127(119)128-76-112(44-52-120(128)142)136-95(15)63-84(4)64-96(136)16)37-29-31-39-108(144-123-55-47-115(139-101(21)69-87(7)70-102(139)22)79-131(123)132-80-116(48-56-124(132)144)140-103(23)71-88(8)72-104(140)24)40-32-30-38-107(36-28-26-34-105)143-121-53-45-113(137-97(17)65-85(5)66-98(137)18)77-129(121)130-78-114(46-54-122(130)143)138-99(19)67-86(6)68-100(138)20/h41-80H,1-24H3/q-2. The molecular weight excluding hydrogens is 1730 g/mol. The molecule has 2 radical (unpaired) electrons. The van der Waals surface area contributed by atoms with Gasteiger partial charge < -0.3 is 0 Å². The van der Waals surface area contributed by atoms with E-state index in [-0.39, 0.29) is 0 Å². The van der Waals surface area contributed by atoms with Crippen LogP contribution >= 0.6 is 0 Å². The Morgan fingerprint density at radius 2 is 0.292 bits per heavy atom. The second-order valence-corrected chi connectivity index (χ2v) is 41.3. The van der Waals surface area contributed by atoms with E-state index in [2.05, 4.69) is 504 Å². The molecule has 18 aromatic rings. The molecule has 0 fully saturated rings. The largest absolute Gasteiger partial charge is 0.118 e. The fourth-order valence-corrected chi connectivity index (χ4v) is 25.2. The highest BCUT2D eigenvalue weighted by atomic mass is 14.4. The van der Waals surface area contributed by atoms with Gasteiger partial charge in [-0.3, -0.25) is 0 Å². The first-order valence-corrected chi connectivity index (χ1v) is 50.1. The van der Waals surface area contributed by atoms with Gasteiger partial charge in [-0.2, -0.15) is 0 Å². The maximum atomic E-state index is 3.73. The number of hydrogen-bond acceptors (Lipinski definition) is 0. The highest BCUT2D eigenvalue weighted by Gasteiger charge is 2.32. The third kappa shape index (κ3) is 16.8. The van der Waals surface area contributed by atoms with Gasteiger partial charge in [0.2, 0.25) is 0 Å². The van der Waals surface area contributed by atoms with Crippen molar-refractivity contribution in [2.75, 3.05) is 0 Å². The highest BCUT2D eigenvalue weighted by Crippen LogP contribution is 2.54. The Morgan fingerprint density at radius 1 is 0.146 bits per heavy atom. The molecule has 21 rings (SSSR count). The van der Waals surface area contributed by atoms with Crippen molar-refractivity contribution in [3.63, 3.8) is 0 Å². The minimum Gasteiger partial charge on any atom is -0.118 e. The van der Waals surface area contributed by atoms with E-state index in [1.807, 2.05) is 0 Å². The third-order valence-electron chi connectivity index (χ3n) is 29.9. The van der Waals surface area contributed by atoms with E-state index < -0.39 is 0 Å². The first-order valence-electron chi connectivity index (χ1n) is 50.1. The van der Waals surface area contributed by atoms with Gasteiger partial charge in [0.15, 0.2) is 0 Å². The van der Waals surface area contributed by atoms with E-state index >= 15 is 0 Å². The summed E-state index contributed by atoms with van der Waals surface area (Å²) < 4.78 is 0. The summed E-state index contributed by atoms with van der Waals surface area (Å²) in [6.07, 6.45) is 0. The minimum absolute atomic E-state index is 0.569. The summed E-state index contributed by atoms with van der Waals surface area (Å²) in [5.74, 6) is 59.2. The zero-order valence-electron chi connectivity index (χ0n) is 87.1. The molecule has 0 saturated heterocycles. The van der Waals surface area contributed by atoms with Gasteiger partial charge in [0.05, 0.1) is 11.1 Å². The summed E-state index contributed by atoms with van der Waals surface area (Å²) in [6, 6.07) is 92.3. The average molecular weight is 1840 g/mol. The van der Waals surface area contributed by atoms with E-state index in [0.29, 0.717) is 23.0 Å². The van der Waals surface area contributed by atoms with Gasteiger partial charge in [-0.1, -0.05) is 273 Å². The lowest BCUT2D eigenvalue weighted by Gasteiger charge is -2.15. The zero-order chi connectivity index (χ0) is 101. The van der Waals surface area contributed by atoms with Crippen LogP contribution in [0.15, 0.2) is 254 Å². The number of hydrogen-bond donors (Lipinski definition) is 0. The van der Waals surface area contributed by atoms with Crippen molar-refractivity contribution < 1.29 is 0 Å². The molecule has 144 heavy (non-hydrogen) atoms. The lowest BCUT2D eigenvalue weighted by Crippen LogP contribution is -1.95. The maximum absolute atomic E-state index is 3.73. The topological polar surface area (TPSA) is 0 Å². The molecule has 0 spiro atoms. The summed E-state index contributed by atoms with van der Waals surface area (Å²) in [7, 11) is 0. The predicted molar refractivity (Wildman–Crippen MR) is 614 cm³/mol. The number of fused-ring (bicyclic) bond motifs is 12. The predicted octanol–water partition coefficient (Wildman–Crippen LogP) is 35.0. The first kappa shape index (κ1) is 93.5. The molecule has 0 nitrogen and oxygen atoms in total. The van der Waals surface area contributed by atoms with Crippen LogP contribution in [0.25, 0.3) is 166 Å². The maximum Gasteiger partial charge on any atom is 0.118 e. The van der Waals surface area contributed by atoms with Crippen molar-refractivity contribution >= 4 is 54.2 Å². The van der Waals surface area contributed by atoms with Crippen molar-refractivity contribution in [1.82, 2.24) is 0 Å². The molecule has 0 N–H and O–H groups in total. The van der Waals surface area contributed by atoms with Gasteiger partial charge in [-0.05, 0) is 484 Å². The fraction of sp³-hybridized carbons (Fsp3) is 0.167. The van der Waals surface area contributed by atoms with Crippen LogP contribution in [0.5, 0.6) is 0 Å². The van der Waals surface area contributed by atoms with Gasteiger partial charge in [-0.25, -0.2) is 0 Å². The van der Waals surface area contributed by atoms with Crippen LogP contribution in [0.2, 0.25) is 0 Å². The summed E-state index contributed by atoms with van der Waals surface area (Å²) in [4.78, 5) is 0. The molecular formula is C144H112-2. The van der Waals surface area contributed by atoms with Crippen molar-refractivity contribution in [2.24, 2.45) is 0 Å². The number of aryl methyl sites for hydroxylation is 24. The van der Waals surface area contributed by atoms with Crippen LogP contribution < -0.4 is 0 Å². The molecule has 3 aliphatic carbocycles. The summed E-state index contributed by atoms with van der Waals surface area (Å²) >= 11 is 0. The minimum atomic E-state index is 0.569. The summed E-state index contributed by atoms with van der Waals surface area (Å²) in [5.41, 5.74) is 61.5. The van der Waals surface area contributed by atoms with E-state index in [1.165, 1.54) is 178 Å². The first-order chi connectivity index (χ1) is 69.3. The molecule has 690 valence electrons. The lowest BCUT2D eigenvalue weighted by molar-refractivity contribution is 1.32. The molecule has 0 heteroatoms. The molecule has 0 aliphatic heterocycles. The monoisotopic (exact) mass is 1840 g/mol. The molecule has 18 aromatic carbocycles. The Balaban J connectivity index is 0.854. The Labute approximate surface area is 852 Å². The van der Waals surface area contributed by atoms with Crippen LogP contribution in [-0.4, -0.2) is 0 Å². The van der Waals surface area contributed by atoms with E-state index in [0.717, 1.165) is 154 Å². The highest BCUT2D eigenvalue weighted by molar-refractivity contribution is 6.21. The molecule has 0 amide bonds. The summed E-state index contributed by atoms with van der Waals surface area (Å²) in [6.45, 7) is 53.1. The van der Waals surface area contributed by atoms with Crippen LogP contribution in [0.1, 0.15) is 167 Å². The SMILES string of the molecule is Cc1cc(C)c(-c2ccc3c(c2)-c2cc(-c4c(C)cc(C)cc4C)ccc2C3=C2C#CC#C[C]([c-]3c4ccc(-c5c(C)cc(C)cc5C)cc4c4cc(-c5c(C)cc(C)cc5C)ccc43)C#CC#CC(=C3c4ccc(-c5c(C)cc(C)cc5C)cc4-c4cc(-c5c(C)cc(C)cc5C)ccc43)C#CC#C[C]([c-]3c4ccc(-c5c(C)cc(C)cc5C)cc4c4cc(-c5c(C)cc(C)cc5C)ccc43)C#CC#C2)c(C)c1. The van der Waals surface area contributed by atoms with Crippen molar-refractivity contribution in [1.29, 1.82) is 0 Å². The van der Waals surface area contributed by atoms with Crippen molar-refractivity contribution in [3.8, 4) is 206 Å². The Hall–Kier alpha value is -16.8. The second kappa shape index (κ2) is 37.0. The Bertz CT molecular complexity index is 8180. The Kier molecular flexibility index (Phi) is 24.0. The number of rotatable bonds is 10. The van der Waals surface area contributed by atoms with Crippen LogP contribution in [0.4, 0.5) is 0 Å². The number of benzene rings is 16. The lowest BCUT2D eigenvalue weighted by atomic mass is 9.90. The molecule has 0 heterocycles. The second-order valence-electron chi connectivity index (χ2n) is 41.3. The van der Waals surface area contributed by atoms with Gasteiger partial charge >= 0.3 is 0 Å². The average Bonchev–Trinajstić information content (AvgIpc) is 1.59. The van der Waals surface area contributed by atoms with Crippen molar-refractivity contribution in [3.05, 3.63) is 433 Å². The van der Waals surface area contributed by atoms with Gasteiger partial charge in [0.25, 0.3) is 0 Å². The van der Waals surface area contributed by atoms with Crippen molar-refractivity contribution in [2.45, 2.75) is 166 Å². The normalized spacial score (nSPS) is 12.6. The van der Waals surface area contributed by atoms with E-state index in [1.54, 1.807) is 0 Å². The fourth-order valence-electron chi connectivity index (χ4n) is 25.2. The van der Waals surface area contributed by atoms with E-state index in [9.17, 15) is 0 Å². The van der Waals surface area contributed by atoms with Crippen LogP contribution in [0.3, 0.4) is 0 Å². The smallest absolute Gasteiger partial charge is 0.118 e. The number of allylic oxidation sites excluding steroid dienone is 2. The summed E-state index contributed by atoms with van der Waals surface area (Å²) in [5, 5.41) is 8.45. The van der Waals surface area contributed by atoms with Gasteiger partial charge in [0.1, 0.15) is 11.8 Å². The zero-order valence-corrected chi connectivity index (χ0v) is 87.1. The van der Waals surface area contributed by atoms with E-state index in [4.69, 9.17) is 0 Å². The molecule has 0 aromatic heterocycles. The molecule has 0 saturated carbocycles.